The van der Waals surface area contributed by atoms with Crippen LogP contribution < -0.4 is 0 Å². The van der Waals surface area contributed by atoms with Crippen LogP contribution in [0.3, 0.4) is 0 Å². The van der Waals surface area contributed by atoms with E-state index in [-0.39, 0.29) is 51.0 Å². The zero-order chi connectivity index (χ0) is 29.3. The second kappa shape index (κ2) is 8.18. The van der Waals surface area contributed by atoms with E-state index < -0.39 is 22.7 Å². The highest BCUT2D eigenvalue weighted by Gasteiger charge is 2.87. The lowest BCUT2D eigenvalue weighted by Crippen LogP contribution is -2.67. The molecule has 0 aromatic carbocycles. The van der Waals surface area contributed by atoms with Crippen LogP contribution in [0.25, 0.3) is 4.85 Å². The average molecular weight is 548 g/mol. The molecule has 218 valence electrons. The molecule has 1 saturated heterocycles. The quantitative estimate of drug-likeness (QED) is 0.269. The number of epoxide rings is 1. The minimum atomic E-state index is -1.39. The lowest BCUT2D eigenvalue weighted by Gasteiger charge is -2.69. The van der Waals surface area contributed by atoms with Crippen molar-refractivity contribution in [3.8, 4) is 0 Å². The molecule has 4 saturated carbocycles. The second-order valence-corrected chi connectivity index (χ2v) is 16.6. The number of allylic oxidation sites excluding steroid dienone is 1. The first-order valence-electron chi connectivity index (χ1n) is 15.9. The molecule has 0 bridgehead atoms. The molecule has 1 heterocycles. The Kier molecular flexibility index (Phi) is 5.79. The van der Waals surface area contributed by atoms with E-state index in [1.807, 2.05) is 26.8 Å². The molecule has 6 rings (SSSR count). The topological polar surface area (TPSA) is 68.1 Å². The van der Waals surface area contributed by atoms with Crippen LogP contribution in [0.1, 0.15) is 120 Å². The van der Waals surface area contributed by atoms with E-state index in [4.69, 9.17) is 11.3 Å². The first-order valence-corrected chi connectivity index (χ1v) is 15.9. The van der Waals surface area contributed by atoms with Crippen LogP contribution in [-0.2, 0) is 19.1 Å². The molecule has 0 radical (unpaired) electrons. The molecule has 0 spiro atoms. The van der Waals surface area contributed by atoms with Crippen molar-refractivity contribution in [2.45, 2.75) is 131 Å². The summed E-state index contributed by atoms with van der Waals surface area (Å²) in [6.07, 6.45) is 10.9. The predicted molar refractivity (Wildman–Crippen MR) is 154 cm³/mol. The maximum atomic E-state index is 14.6. The van der Waals surface area contributed by atoms with Gasteiger partial charge in [-0.05, 0) is 90.9 Å². The van der Waals surface area contributed by atoms with Gasteiger partial charge in [-0.1, -0.05) is 61.0 Å². The van der Waals surface area contributed by atoms with Gasteiger partial charge in [0.05, 0.1) is 0 Å². The Hall–Kier alpha value is -1.80. The number of carbonyl (C=O) groups is 3. The number of carbonyl (C=O) groups excluding carboxylic acids is 3. The van der Waals surface area contributed by atoms with Gasteiger partial charge in [0.2, 0.25) is 0 Å². The number of hydrogen-bond acceptors (Lipinski definition) is 4. The minimum absolute atomic E-state index is 0.0403. The first kappa shape index (κ1) is 28.3. The minimum Gasteiger partial charge on any atom is -0.300 e. The summed E-state index contributed by atoms with van der Waals surface area (Å²) in [5.41, 5.74) is -1.63. The molecule has 5 fully saturated rings. The van der Waals surface area contributed by atoms with Gasteiger partial charge in [0, 0.05) is 29.6 Å². The van der Waals surface area contributed by atoms with Gasteiger partial charge in [0.15, 0.2) is 11.9 Å². The Balaban J connectivity index is 1.47. The zero-order valence-corrected chi connectivity index (χ0v) is 26.0. The number of nitrogens with zero attached hydrogens (tertiary/aromatic N) is 1. The molecular weight excluding hydrogens is 498 g/mol. The van der Waals surface area contributed by atoms with Gasteiger partial charge in [-0.15, -0.1) is 0 Å². The van der Waals surface area contributed by atoms with E-state index in [1.165, 1.54) is 0 Å². The fourth-order valence-electron chi connectivity index (χ4n) is 11.5. The fourth-order valence-corrected chi connectivity index (χ4v) is 11.5. The number of fused-ring (bicyclic) bond motifs is 9. The Morgan fingerprint density at radius 2 is 1.70 bits per heavy atom. The molecule has 5 aliphatic carbocycles. The first-order chi connectivity index (χ1) is 18.5. The lowest BCUT2D eigenvalue weighted by atomic mass is 9.33. The van der Waals surface area contributed by atoms with Crippen molar-refractivity contribution in [3.63, 3.8) is 0 Å². The number of ether oxygens (including phenoxy) is 1. The van der Waals surface area contributed by atoms with Gasteiger partial charge >= 0.3 is 5.72 Å². The van der Waals surface area contributed by atoms with Crippen molar-refractivity contribution < 1.29 is 19.1 Å². The van der Waals surface area contributed by atoms with Crippen LogP contribution in [0.4, 0.5) is 0 Å². The highest BCUT2D eigenvalue weighted by atomic mass is 16.6. The molecule has 0 amide bonds. The van der Waals surface area contributed by atoms with E-state index in [0.29, 0.717) is 18.6 Å². The average Bonchev–Trinajstić information content (AvgIpc) is 3.65. The van der Waals surface area contributed by atoms with Crippen LogP contribution in [-0.4, -0.2) is 29.2 Å². The van der Waals surface area contributed by atoms with Gasteiger partial charge in [-0.3, -0.25) is 24.0 Å². The summed E-state index contributed by atoms with van der Waals surface area (Å²) in [4.78, 5) is 44.5. The third-order valence-electron chi connectivity index (χ3n) is 14.2. The molecule has 1 aliphatic heterocycles. The van der Waals surface area contributed by atoms with Gasteiger partial charge in [-0.25, -0.2) is 6.57 Å². The van der Waals surface area contributed by atoms with Crippen molar-refractivity contribution in [2.24, 2.45) is 50.2 Å². The maximum Gasteiger partial charge on any atom is 0.424 e. The van der Waals surface area contributed by atoms with Crippen molar-refractivity contribution >= 4 is 17.3 Å². The molecule has 0 N–H and O–H groups in total. The summed E-state index contributed by atoms with van der Waals surface area (Å²) in [6.45, 7) is 25.6. The zero-order valence-electron chi connectivity index (χ0n) is 26.0. The molecule has 5 heteroatoms. The summed E-state index contributed by atoms with van der Waals surface area (Å²) in [6, 6.07) is 0. The van der Waals surface area contributed by atoms with Crippen LogP contribution in [0, 0.1) is 56.8 Å². The van der Waals surface area contributed by atoms with Crippen LogP contribution in [0.2, 0.25) is 0 Å². The van der Waals surface area contributed by atoms with E-state index >= 15 is 0 Å². The summed E-state index contributed by atoms with van der Waals surface area (Å²) >= 11 is 0. The third-order valence-corrected chi connectivity index (χ3v) is 14.2. The predicted octanol–water partition coefficient (Wildman–Crippen LogP) is 7.53. The van der Waals surface area contributed by atoms with E-state index in [2.05, 4.69) is 39.5 Å². The van der Waals surface area contributed by atoms with E-state index in [9.17, 15) is 14.4 Å². The molecular formula is C35H49NO4. The van der Waals surface area contributed by atoms with Crippen molar-refractivity contribution in [2.75, 3.05) is 0 Å². The van der Waals surface area contributed by atoms with E-state index in [0.717, 1.165) is 56.9 Å². The SMILES string of the molecule is [C-]#[N+][C@@]12O[C@@H]1[C@]1(C)C3=CC(=O)[C@@H]4[C@@H]5CC(C)(C)CC[C@]5(CCC(=O)CC)CC[C@@]4(C)[C@]3(C)CC[C@H]1C(C)(C)C2=O. The highest BCUT2D eigenvalue weighted by Crippen LogP contribution is 2.78. The molecule has 9 atom stereocenters. The lowest BCUT2D eigenvalue weighted by molar-refractivity contribution is -0.176. The monoisotopic (exact) mass is 547 g/mol. The van der Waals surface area contributed by atoms with Crippen LogP contribution in [0.5, 0.6) is 0 Å². The Labute approximate surface area is 241 Å². The second-order valence-electron chi connectivity index (χ2n) is 16.6. The number of hydrogen-bond donors (Lipinski definition) is 0. The van der Waals surface area contributed by atoms with E-state index in [1.54, 1.807) is 0 Å². The standard InChI is InChI=1S/C35H49NO4/c1-10-21(37)11-14-34-17-15-29(2,3)20-22(34)26-23(38)19-25-31(6,32(26,7)16-18-34)13-12-24-30(4,5)27(39)35(36-9)28(40-35)33(24,25)8/h19,22,24,26,28H,10-18,20H2,1-8H3/t22-,24-,26-,28+,31+,32+,33-,34+,35-/m0/s1. The summed E-state index contributed by atoms with van der Waals surface area (Å²) < 4.78 is 6.14. The number of Topliss-reactive ketones (excluding diaryl/α,β-unsaturated/α-hetero) is 2. The van der Waals surface area contributed by atoms with Gasteiger partial charge < -0.3 is 0 Å². The highest BCUT2D eigenvalue weighted by molar-refractivity contribution is 6.00. The number of ketones is 3. The van der Waals surface area contributed by atoms with Crippen molar-refractivity contribution in [1.29, 1.82) is 0 Å². The molecule has 0 unspecified atom stereocenters. The molecule has 0 aromatic rings. The normalized spacial score (nSPS) is 49.7. The Morgan fingerprint density at radius 1 is 1.02 bits per heavy atom. The largest absolute Gasteiger partial charge is 0.424 e. The molecule has 40 heavy (non-hydrogen) atoms. The molecule has 5 nitrogen and oxygen atoms in total. The smallest absolute Gasteiger partial charge is 0.300 e. The van der Waals surface area contributed by atoms with Crippen LogP contribution in [0.15, 0.2) is 11.6 Å². The number of rotatable bonds is 4. The maximum absolute atomic E-state index is 14.6. The molecule has 6 aliphatic rings. The van der Waals surface area contributed by atoms with Crippen LogP contribution >= 0.6 is 0 Å². The Morgan fingerprint density at radius 3 is 2.35 bits per heavy atom. The van der Waals surface area contributed by atoms with Crippen molar-refractivity contribution in [3.05, 3.63) is 23.1 Å². The van der Waals surface area contributed by atoms with Gasteiger partial charge in [-0.2, -0.15) is 0 Å². The van der Waals surface area contributed by atoms with Crippen molar-refractivity contribution in [1.82, 2.24) is 0 Å². The third kappa shape index (κ3) is 3.21. The van der Waals surface area contributed by atoms with Gasteiger partial charge in [0.1, 0.15) is 5.78 Å². The fraction of sp³-hybridized carbons (Fsp3) is 0.829. The summed E-state index contributed by atoms with van der Waals surface area (Å²) in [5, 5.41) is 0. The molecule has 0 aromatic heterocycles. The van der Waals surface area contributed by atoms with Gasteiger partial charge in [0.25, 0.3) is 5.78 Å². The Bertz CT molecular complexity index is 1270. The summed E-state index contributed by atoms with van der Waals surface area (Å²) in [5.74, 6) is 0.759. The summed E-state index contributed by atoms with van der Waals surface area (Å²) in [7, 11) is 0.